The van der Waals surface area contributed by atoms with E-state index in [9.17, 15) is 0 Å². The Morgan fingerprint density at radius 3 is 2.61 bits per heavy atom. The summed E-state index contributed by atoms with van der Waals surface area (Å²) in [6.07, 6.45) is 0. The van der Waals surface area contributed by atoms with Gasteiger partial charge in [-0.25, -0.2) is 4.99 Å². The molecule has 0 bridgehead atoms. The van der Waals surface area contributed by atoms with Crippen molar-refractivity contribution in [2.75, 3.05) is 6.54 Å². The van der Waals surface area contributed by atoms with Gasteiger partial charge < -0.3 is 15.2 Å². The second kappa shape index (κ2) is 8.36. The van der Waals surface area contributed by atoms with Gasteiger partial charge in [0, 0.05) is 24.2 Å². The molecule has 1 aromatic carbocycles. The van der Waals surface area contributed by atoms with E-state index in [1.807, 2.05) is 36.4 Å². The number of guanidine groups is 1. The van der Waals surface area contributed by atoms with Gasteiger partial charge >= 0.3 is 0 Å². The average molecular weight is 314 g/mol. The van der Waals surface area contributed by atoms with Crippen LogP contribution in [0.4, 0.5) is 0 Å². The molecule has 0 aliphatic rings. The van der Waals surface area contributed by atoms with E-state index in [0.29, 0.717) is 18.5 Å². The number of aromatic nitrogens is 1. The molecule has 0 aliphatic carbocycles. The zero-order valence-corrected chi connectivity index (χ0v) is 14.3. The molecule has 2 N–H and O–H groups in total. The molecule has 0 radical (unpaired) electrons. The van der Waals surface area contributed by atoms with Crippen LogP contribution in [0.1, 0.15) is 33.4 Å². The van der Waals surface area contributed by atoms with Gasteiger partial charge in [-0.2, -0.15) is 0 Å². The zero-order valence-electron chi connectivity index (χ0n) is 14.3. The highest BCUT2D eigenvalue weighted by Crippen LogP contribution is 2.19. The van der Waals surface area contributed by atoms with Crippen molar-refractivity contribution in [1.82, 2.24) is 15.8 Å². The lowest BCUT2D eigenvalue weighted by molar-refractivity contribution is 0.423. The molecular weight excluding hydrogens is 288 g/mol. The van der Waals surface area contributed by atoms with Crippen molar-refractivity contribution in [3.05, 3.63) is 42.1 Å². The number of hydrogen-bond donors (Lipinski definition) is 2. The van der Waals surface area contributed by atoms with Crippen LogP contribution in [0.5, 0.6) is 0 Å². The van der Waals surface area contributed by atoms with Crippen molar-refractivity contribution >= 4 is 5.96 Å². The van der Waals surface area contributed by atoms with Crippen molar-refractivity contribution in [2.45, 2.75) is 40.3 Å². The highest BCUT2D eigenvalue weighted by Gasteiger charge is 2.10. The second-order valence-corrected chi connectivity index (χ2v) is 5.92. The Morgan fingerprint density at radius 1 is 1.22 bits per heavy atom. The number of benzene rings is 1. The maximum atomic E-state index is 5.40. The van der Waals surface area contributed by atoms with Crippen molar-refractivity contribution in [3.63, 3.8) is 0 Å². The Hall–Kier alpha value is -2.30. The first-order chi connectivity index (χ1) is 11.1. The van der Waals surface area contributed by atoms with Crippen LogP contribution in [0.25, 0.3) is 11.3 Å². The average Bonchev–Trinajstić information content (AvgIpc) is 3.02. The Kier molecular flexibility index (Phi) is 6.20. The minimum absolute atomic E-state index is 0.352. The van der Waals surface area contributed by atoms with Crippen LogP contribution in [0.2, 0.25) is 0 Å². The molecular formula is C18H26N4O. The monoisotopic (exact) mass is 314 g/mol. The van der Waals surface area contributed by atoms with Crippen LogP contribution in [-0.2, 0) is 6.54 Å². The third-order valence-electron chi connectivity index (χ3n) is 3.73. The first-order valence-electron chi connectivity index (χ1n) is 8.16. The molecule has 0 aliphatic heterocycles. The molecule has 0 spiro atoms. The molecule has 5 nitrogen and oxygen atoms in total. The van der Waals surface area contributed by atoms with E-state index in [2.05, 4.69) is 48.5 Å². The van der Waals surface area contributed by atoms with Gasteiger partial charge in [0.05, 0.1) is 6.54 Å². The largest absolute Gasteiger partial charge is 0.357 e. The second-order valence-electron chi connectivity index (χ2n) is 5.92. The molecule has 124 valence electrons. The Balaban J connectivity index is 2.03. The summed E-state index contributed by atoms with van der Waals surface area (Å²) in [7, 11) is 0. The molecule has 1 heterocycles. The third kappa shape index (κ3) is 5.13. The van der Waals surface area contributed by atoms with E-state index in [-0.39, 0.29) is 0 Å². The van der Waals surface area contributed by atoms with Crippen molar-refractivity contribution in [1.29, 1.82) is 0 Å². The molecule has 0 saturated heterocycles. The van der Waals surface area contributed by atoms with Gasteiger partial charge in [-0.3, -0.25) is 0 Å². The van der Waals surface area contributed by atoms with Gasteiger partial charge in [-0.15, -0.1) is 0 Å². The van der Waals surface area contributed by atoms with E-state index in [1.165, 1.54) is 0 Å². The molecule has 2 rings (SSSR count). The van der Waals surface area contributed by atoms with E-state index in [0.717, 1.165) is 29.5 Å². The number of rotatable bonds is 6. The number of nitrogens with one attached hydrogen (secondary N) is 2. The minimum atomic E-state index is 0.352. The Labute approximate surface area is 138 Å². The van der Waals surface area contributed by atoms with Crippen molar-refractivity contribution < 1.29 is 4.52 Å². The van der Waals surface area contributed by atoms with Gasteiger partial charge in [0.25, 0.3) is 0 Å². The molecule has 1 aromatic heterocycles. The Bertz CT molecular complexity index is 619. The molecule has 1 unspecified atom stereocenters. The summed E-state index contributed by atoms with van der Waals surface area (Å²) < 4.78 is 5.40. The predicted octanol–water partition coefficient (Wildman–Crippen LogP) is 3.44. The summed E-state index contributed by atoms with van der Waals surface area (Å²) in [4.78, 5) is 4.59. The van der Waals surface area contributed by atoms with Gasteiger partial charge in [-0.05, 0) is 19.8 Å². The molecule has 23 heavy (non-hydrogen) atoms. The van der Waals surface area contributed by atoms with E-state index < -0.39 is 0 Å². The topological polar surface area (TPSA) is 62.5 Å². The van der Waals surface area contributed by atoms with Crippen molar-refractivity contribution in [3.8, 4) is 11.3 Å². The molecule has 1 atom stereocenters. The lowest BCUT2D eigenvalue weighted by Crippen LogP contribution is -2.44. The summed E-state index contributed by atoms with van der Waals surface area (Å²) in [6, 6.07) is 12.2. The standard InChI is InChI=1S/C18H26N4O/c1-5-19-18(21-14(4)13(2)3)20-12-16-11-17(23-22-16)15-9-7-6-8-10-15/h6-11,13-14H,5,12H2,1-4H3,(H2,19,20,21). The van der Waals surface area contributed by atoms with Crippen LogP contribution in [0.3, 0.4) is 0 Å². The maximum absolute atomic E-state index is 5.40. The van der Waals surface area contributed by atoms with Crippen LogP contribution >= 0.6 is 0 Å². The highest BCUT2D eigenvalue weighted by molar-refractivity contribution is 5.80. The van der Waals surface area contributed by atoms with Gasteiger partial charge in [0.2, 0.25) is 0 Å². The normalized spacial score (nSPS) is 13.2. The van der Waals surface area contributed by atoms with Crippen molar-refractivity contribution in [2.24, 2.45) is 10.9 Å². The van der Waals surface area contributed by atoms with Crippen LogP contribution in [-0.4, -0.2) is 23.7 Å². The van der Waals surface area contributed by atoms with E-state index >= 15 is 0 Å². The quantitative estimate of drug-likeness (QED) is 0.633. The zero-order chi connectivity index (χ0) is 16.7. The molecule has 2 aromatic rings. The number of nitrogens with zero attached hydrogens (tertiary/aromatic N) is 2. The molecule has 0 fully saturated rings. The maximum Gasteiger partial charge on any atom is 0.191 e. The van der Waals surface area contributed by atoms with Gasteiger partial charge in [-0.1, -0.05) is 49.3 Å². The van der Waals surface area contributed by atoms with E-state index in [1.54, 1.807) is 0 Å². The first-order valence-corrected chi connectivity index (χ1v) is 8.16. The first kappa shape index (κ1) is 17.1. The Morgan fingerprint density at radius 2 is 1.96 bits per heavy atom. The fraction of sp³-hybridized carbons (Fsp3) is 0.444. The molecule has 0 saturated carbocycles. The van der Waals surface area contributed by atoms with Gasteiger partial charge in [0.1, 0.15) is 5.69 Å². The smallest absolute Gasteiger partial charge is 0.191 e. The summed E-state index contributed by atoms with van der Waals surface area (Å²) >= 11 is 0. The minimum Gasteiger partial charge on any atom is -0.357 e. The summed E-state index contributed by atoms with van der Waals surface area (Å²) in [5, 5.41) is 10.8. The lowest BCUT2D eigenvalue weighted by Gasteiger charge is -2.20. The van der Waals surface area contributed by atoms with E-state index in [4.69, 9.17) is 4.52 Å². The predicted molar refractivity (Wildman–Crippen MR) is 94.2 cm³/mol. The van der Waals surface area contributed by atoms with Crippen LogP contribution in [0, 0.1) is 5.92 Å². The number of aliphatic imine (C=N–C) groups is 1. The highest BCUT2D eigenvalue weighted by atomic mass is 16.5. The summed E-state index contributed by atoms with van der Waals surface area (Å²) in [5.41, 5.74) is 1.84. The van der Waals surface area contributed by atoms with Crippen LogP contribution < -0.4 is 10.6 Å². The molecule has 5 heteroatoms. The SMILES string of the molecule is CCNC(=NCc1cc(-c2ccccc2)on1)NC(C)C(C)C. The summed E-state index contributed by atoms with van der Waals surface area (Å²) in [5.74, 6) is 2.11. The lowest BCUT2D eigenvalue weighted by atomic mass is 10.1. The number of hydrogen-bond acceptors (Lipinski definition) is 3. The third-order valence-corrected chi connectivity index (χ3v) is 3.73. The summed E-state index contributed by atoms with van der Waals surface area (Å²) in [6.45, 7) is 9.89. The fourth-order valence-corrected chi connectivity index (χ4v) is 1.99. The van der Waals surface area contributed by atoms with Crippen LogP contribution in [0.15, 0.2) is 45.9 Å². The molecule has 0 amide bonds. The fourth-order valence-electron chi connectivity index (χ4n) is 1.99. The van der Waals surface area contributed by atoms with Gasteiger partial charge in [0.15, 0.2) is 11.7 Å².